The van der Waals surface area contributed by atoms with E-state index in [2.05, 4.69) is 42.5 Å². The number of hydrogen-bond acceptors (Lipinski definition) is 29. The number of rotatable bonds is 42. The van der Waals surface area contributed by atoms with Gasteiger partial charge in [-0.05, 0) is 51.0 Å². The molecule has 2 aromatic rings. The average Bonchev–Trinajstić information content (AvgIpc) is 1.09. The molecule has 0 bridgehead atoms. The first-order valence-electron chi connectivity index (χ1n) is 34.5. The van der Waals surface area contributed by atoms with E-state index in [1.54, 1.807) is 0 Å². The SMILES string of the molecule is COc1cccc2c1C(=O)c1c(O)c3c(c(O)c1C2=O)C[C@@](O)(C(=O)COC(=O)CCCN1C(=O)CC(SC[C@@H](C=O)NC(=O)[C@H](CC(=O)O)NC(=O)[C@@H](NC(=O)[C@H](CCC(=O)O)NCC(=O)[C@H](CC(=O)O)NC(=O)CNC(=O)[C@H](CCCCNC(=N)N)NC(C)=O)C(C)C)C1=O)C[C@@H]3O[C@H]1C[C@H](N)[C@H](O)[C@H](C)O1. The number of imide groups is 1. The number of amides is 8. The number of aliphatic carboxylic acids is 3. The first-order valence-corrected chi connectivity index (χ1v) is 35.5. The monoisotopic (exact) mass is 1550 g/mol. The first-order chi connectivity index (χ1) is 51.3. The molecule has 596 valence electrons. The second-order valence-electron chi connectivity index (χ2n) is 26.7. The minimum Gasteiger partial charge on any atom is -0.507 e. The standard InChI is InChI=1S/C68H90N12O28S/c1-29(2)56(79-63(100)36(14-15-47(87)88)73-24-40(83)38(19-48(89)90)77-45(85)25-74-62(99)37(75-31(4)82)11-6-7-16-72-67(70)71)65(102)78-39(20-49(91)92)64(101)76-32(26-81)28-109-43-21-46(86)80(66(43)103)17-9-13-50(93)106-27-44(84)68(104)22-34-53(42(23-68)108-51-18-35(69)57(94)30(3)107-51)61(98)55-54(59(34)96)58(95)33-10-8-12-41(105-5)52(33)60(55)97/h8,10,12,26,29-30,32,35-39,42-43,51,56-57,73,94,96,98,104H,6-7,9,11,13-25,27-28,69H2,1-5H3,(H,74,99)(H,75,82)(H,76,101)(H,77,85)(H,78,102)(H,79,100)(H,87,88)(H,89,90)(H,91,92)(H4,70,71,72)/t30-,32+,35-,36-,37-,38-,39-,42-,43?,51-,56-,57+,68-/m0/s1. The smallest absolute Gasteiger partial charge is 0.306 e. The van der Waals surface area contributed by atoms with Gasteiger partial charge in [0.25, 0.3) is 0 Å². The molecule has 1 unspecified atom stereocenters. The van der Waals surface area contributed by atoms with E-state index in [0.717, 1.165) is 23.6 Å². The lowest BCUT2D eigenvalue weighted by Gasteiger charge is -2.42. The Morgan fingerprint density at radius 2 is 1.46 bits per heavy atom. The fraction of sp³-hybridized carbons (Fsp3) is 0.559. The summed E-state index contributed by atoms with van der Waals surface area (Å²) >= 11 is 0.735. The van der Waals surface area contributed by atoms with Crippen molar-refractivity contribution in [3.05, 3.63) is 51.6 Å². The molecule has 2 aliphatic carbocycles. The first kappa shape index (κ1) is 87.3. The predicted molar refractivity (Wildman–Crippen MR) is 374 cm³/mol. The third-order valence-corrected chi connectivity index (χ3v) is 19.5. The van der Waals surface area contributed by atoms with Crippen molar-refractivity contribution < 1.29 is 136 Å². The molecular weight excluding hydrogens is 1460 g/mol. The summed E-state index contributed by atoms with van der Waals surface area (Å²) in [4.78, 5) is 223. The normalized spacial score (nSPS) is 20.9. The summed E-state index contributed by atoms with van der Waals surface area (Å²) in [5.74, 6) is -20.5. The van der Waals surface area contributed by atoms with E-state index in [-0.39, 0.29) is 72.6 Å². The number of carbonyl (C=O) groups is 17. The number of benzene rings is 2. The number of esters is 1. The molecule has 0 radical (unpaired) electrons. The van der Waals surface area contributed by atoms with Gasteiger partial charge in [-0.15, -0.1) is 11.8 Å². The zero-order valence-corrected chi connectivity index (χ0v) is 60.8. The van der Waals surface area contributed by atoms with Crippen LogP contribution >= 0.6 is 11.8 Å². The number of aliphatic hydroxyl groups excluding tert-OH is 1. The number of likely N-dealkylation sites (tertiary alicyclic amines) is 1. The minimum absolute atomic E-state index is 0.0164. The van der Waals surface area contributed by atoms with E-state index >= 15 is 0 Å². The van der Waals surface area contributed by atoms with Gasteiger partial charge >= 0.3 is 23.9 Å². The second-order valence-corrected chi connectivity index (χ2v) is 27.9. The lowest BCUT2D eigenvalue weighted by atomic mass is 9.72. The van der Waals surface area contributed by atoms with Crippen molar-refractivity contribution in [1.29, 1.82) is 5.41 Å². The highest BCUT2D eigenvalue weighted by Gasteiger charge is 2.51. The van der Waals surface area contributed by atoms with Crippen molar-refractivity contribution >= 4 is 118 Å². The number of aliphatic hydroxyl groups is 2. The van der Waals surface area contributed by atoms with Crippen LogP contribution in [0.3, 0.4) is 0 Å². The number of nitrogens with one attached hydrogen (secondary N) is 9. The molecular formula is C68H90N12O28S. The number of phenols is 2. The van der Waals surface area contributed by atoms with Crippen molar-refractivity contribution in [2.24, 2.45) is 17.4 Å². The molecule has 2 aromatic carbocycles. The van der Waals surface area contributed by atoms with Crippen LogP contribution in [0.2, 0.25) is 0 Å². The van der Waals surface area contributed by atoms with Crippen molar-refractivity contribution in [1.82, 2.24) is 47.4 Å². The molecule has 0 aromatic heterocycles. The average molecular weight is 1560 g/mol. The summed E-state index contributed by atoms with van der Waals surface area (Å²) in [7, 11) is 1.25. The van der Waals surface area contributed by atoms with Gasteiger partial charge in [-0.2, -0.15) is 0 Å². The number of aromatic hydroxyl groups is 2. The molecule has 2 aliphatic heterocycles. The van der Waals surface area contributed by atoms with Crippen LogP contribution in [-0.4, -0.2) is 264 Å². The maximum absolute atomic E-state index is 14.1. The fourth-order valence-corrected chi connectivity index (χ4v) is 13.6. The zero-order chi connectivity index (χ0) is 81.0. The molecule has 0 saturated carbocycles. The molecule has 20 N–H and O–H groups in total. The second kappa shape index (κ2) is 39.5. The van der Waals surface area contributed by atoms with E-state index in [1.165, 1.54) is 46.1 Å². The molecule has 41 heteroatoms. The zero-order valence-electron chi connectivity index (χ0n) is 60.0. The van der Waals surface area contributed by atoms with Crippen molar-refractivity contribution in [3.8, 4) is 17.2 Å². The van der Waals surface area contributed by atoms with Gasteiger partial charge in [0.15, 0.2) is 30.4 Å². The fourth-order valence-electron chi connectivity index (χ4n) is 12.5. The molecule has 13 atom stereocenters. The predicted octanol–water partition coefficient (Wildman–Crippen LogP) is -4.40. The van der Waals surface area contributed by atoms with E-state index < -0.39 is 277 Å². The maximum Gasteiger partial charge on any atom is 0.306 e. The topological polar surface area (TPSA) is 644 Å². The van der Waals surface area contributed by atoms with E-state index in [1.807, 2.05) is 0 Å². The quantitative estimate of drug-likeness (QED) is 0.00484. The van der Waals surface area contributed by atoms with Crippen LogP contribution in [0.1, 0.15) is 154 Å². The van der Waals surface area contributed by atoms with Crippen LogP contribution in [0.5, 0.6) is 17.2 Å². The Hall–Kier alpha value is -10.6. The molecule has 2 fully saturated rings. The summed E-state index contributed by atoms with van der Waals surface area (Å²) in [6.07, 6.45) is -10.1. The molecule has 0 spiro atoms. The summed E-state index contributed by atoms with van der Waals surface area (Å²) in [6, 6.07) is -6.43. The highest BCUT2D eigenvalue weighted by Crippen LogP contribution is 2.53. The van der Waals surface area contributed by atoms with Crippen LogP contribution < -0.4 is 58.7 Å². The number of unbranched alkanes of at least 4 members (excludes halogenated alkanes) is 1. The van der Waals surface area contributed by atoms with Gasteiger partial charge in [-0.25, -0.2) is 0 Å². The Balaban J connectivity index is 1.01. The Kier molecular flexibility index (Phi) is 31.6. The number of phenolic OH excluding ortho intramolecular Hbond substituents is 2. The highest BCUT2D eigenvalue weighted by molar-refractivity contribution is 8.00. The lowest BCUT2D eigenvalue weighted by Crippen LogP contribution is -2.59. The van der Waals surface area contributed by atoms with Crippen molar-refractivity contribution in [2.75, 3.05) is 45.6 Å². The summed E-state index contributed by atoms with van der Waals surface area (Å²) < 4.78 is 22.6. The molecule has 2 heterocycles. The Labute approximate surface area is 625 Å². The van der Waals surface area contributed by atoms with Gasteiger partial charge < -0.3 is 108 Å². The number of carboxylic acid groups (broad SMARTS) is 3. The number of ketones is 4. The highest BCUT2D eigenvalue weighted by atomic mass is 32.2. The summed E-state index contributed by atoms with van der Waals surface area (Å²) in [5.41, 5.74) is 6.50. The van der Waals surface area contributed by atoms with Crippen LogP contribution in [0.25, 0.3) is 0 Å². The maximum atomic E-state index is 14.1. The summed E-state index contributed by atoms with van der Waals surface area (Å²) in [5, 5.41) is 100. The van der Waals surface area contributed by atoms with Crippen LogP contribution in [0.4, 0.5) is 0 Å². The third-order valence-electron chi connectivity index (χ3n) is 18.2. The van der Waals surface area contributed by atoms with Gasteiger partial charge in [-0.1, -0.05) is 26.0 Å². The van der Waals surface area contributed by atoms with Crippen molar-refractivity contribution in [2.45, 2.75) is 189 Å². The van der Waals surface area contributed by atoms with Gasteiger partial charge in [0.1, 0.15) is 47.3 Å². The molecule has 40 nitrogen and oxygen atoms in total. The number of fused-ring (bicyclic) bond motifs is 3. The number of carboxylic acids is 3. The summed E-state index contributed by atoms with van der Waals surface area (Å²) in [6.45, 7) is 2.58. The van der Waals surface area contributed by atoms with Gasteiger partial charge in [0.05, 0.1) is 91.4 Å². The van der Waals surface area contributed by atoms with E-state index in [9.17, 15) is 117 Å². The molecule has 4 aliphatic rings. The minimum atomic E-state index is -2.58. The third kappa shape index (κ3) is 23.5. The van der Waals surface area contributed by atoms with Crippen LogP contribution in [0, 0.1) is 11.3 Å². The molecule has 6 rings (SSSR count). The van der Waals surface area contributed by atoms with Gasteiger partial charge in [-0.3, -0.25) is 92.3 Å². The number of Topliss-reactive ketones (excluding diaryl/α,β-unsaturated/α-hetero) is 2. The Morgan fingerprint density at radius 3 is 2.08 bits per heavy atom. The molecule has 109 heavy (non-hydrogen) atoms. The lowest BCUT2D eigenvalue weighted by molar-refractivity contribution is -0.247. The largest absolute Gasteiger partial charge is 0.507 e. The van der Waals surface area contributed by atoms with Crippen molar-refractivity contribution in [3.63, 3.8) is 0 Å². The molecule has 8 amide bonds. The van der Waals surface area contributed by atoms with E-state index in [0.29, 0.717) is 12.8 Å². The number of aldehydes is 1. The van der Waals surface area contributed by atoms with Crippen LogP contribution in [0.15, 0.2) is 18.2 Å². The van der Waals surface area contributed by atoms with Gasteiger partial charge in [0, 0.05) is 87.0 Å². The number of carbonyl (C=O) groups excluding carboxylic acids is 14. The molecule has 2 saturated heterocycles. The number of nitrogens with two attached hydrogens (primary N) is 2. The van der Waals surface area contributed by atoms with Gasteiger partial charge in [0.2, 0.25) is 58.8 Å². The number of methoxy groups -OCH3 is 1. The Morgan fingerprint density at radius 1 is 0.789 bits per heavy atom. The number of nitrogens with zero attached hydrogens (tertiary/aromatic N) is 1. The van der Waals surface area contributed by atoms with Crippen LogP contribution in [-0.2, 0) is 92.5 Å². The van der Waals surface area contributed by atoms with E-state index in [4.69, 9.17) is 35.8 Å². The number of ether oxygens (including phenoxy) is 4. The number of hydrogen-bond donors (Lipinski definition) is 18. The Bertz CT molecular complexity index is 3880. The number of guanidine groups is 1. The number of thioether (sulfide) groups is 1.